The molecule has 2 N–H and O–H groups in total. The summed E-state index contributed by atoms with van der Waals surface area (Å²) in [6.07, 6.45) is 6.66. The number of fused-ring (bicyclic) bond motifs is 4. The van der Waals surface area contributed by atoms with Crippen molar-refractivity contribution in [2.45, 2.75) is 75.9 Å². The number of carbonyl (C=O) groups is 2. The van der Waals surface area contributed by atoms with E-state index in [-0.39, 0.29) is 11.9 Å². The number of aliphatic carboxylic acids is 1. The highest BCUT2D eigenvalue weighted by Gasteiger charge is 2.60. The summed E-state index contributed by atoms with van der Waals surface area (Å²) in [5.41, 5.74) is 2.94. The standard InChI is InChI=1S/C31H34BrN3O3/c1-19-26(23-17-21(32)11-12-24(23)33-27(19)20-7-4-3-5-8-20)28(36)34-31-15-13-30(14-16-31,29(37)38)18-25(31)35(2)22-9-6-10-22/h3-5,7-8,11-12,17,22,25H,6,9-10,13-16,18H2,1-2H3,(H,34,36)(H,37,38)/t25-,30?,31?/m1/s1. The summed E-state index contributed by atoms with van der Waals surface area (Å²) < 4.78 is 0.898. The molecule has 1 amide bonds. The topological polar surface area (TPSA) is 82.5 Å². The molecular weight excluding hydrogens is 542 g/mol. The number of carbonyl (C=O) groups excluding carboxylic acids is 1. The van der Waals surface area contributed by atoms with Crippen LogP contribution in [0.1, 0.15) is 67.3 Å². The van der Waals surface area contributed by atoms with Gasteiger partial charge in [-0.15, -0.1) is 0 Å². The van der Waals surface area contributed by atoms with Crippen molar-refractivity contribution < 1.29 is 14.7 Å². The van der Waals surface area contributed by atoms with E-state index in [0.717, 1.165) is 45.0 Å². The van der Waals surface area contributed by atoms with E-state index in [0.29, 0.717) is 43.7 Å². The Bertz CT molecular complexity index is 1410. The summed E-state index contributed by atoms with van der Waals surface area (Å²) in [7, 11) is 2.14. The van der Waals surface area contributed by atoms with Gasteiger partial charge in [0.25, 0.3) is 5.91 Å². The fraction of sp³-hybridized carbons (Fsp3) is 0.452. The Morgan fingerprint density at radius 3 is 2.42 bits per heavy atom. The second-order valence-electron chi connectivity index (χ2n) is 11.7. The van der Waals surface area contributed by atoms with Gasteiger partial charge in [-0.25, -0.2) is 4.98 Å². The van der Waals surface area contributed by atoms with Gasteiger partial charge in [0.05, 0.1) is 27.7 Å². The number of benzene rings is 2. The molecule has 4 aliphatic rings. The first-order valence-electron chi connectivity index (χ1n) is 13.7. The zero-order valence-corrected chi connectivity index (χ0v) is 23.6. The van der Waals surface area contributed by atoms with Crippen LogP contribution in [0.3, 0.4) is 0 Å². The van der Waals surface area contributed by atoms with Crippen LogP contribution in [0.2, 0.25) is 0 Å². The van der Waals surface area contributed by atoms with Gasteiger partial charge in [0, 0.05) is 27.5 Å². The lowest BCUT2D eigenvalue weighted by Gasteiger charge is -2.60. The highest BCUT2D eigenvalue weighted by molar-refractivity contribution is 9.10. The van der Waals surface area contributed by atoms with Crippen LogP contribution in [0.25, 0.3) is 22.2 Å². The third-order valence-electron chi connectivity index (χ3n) is 9.74. The van der Waals surface area contributed by atoms with E-state index in [1.165, 1.54) is 6.42 Å². The molecule has 0 unspecified atom stereocenters. The summed E-state index contributed by atoms with van der Waals surface area (Å²) in [5.74, 6) is -0.778. The smallest absolute Gasteiger partial charge is 0.309 e. The Kier molecular flexibility index (Phi) is 6.35. The number of likely N-dealkylation sites (N-methyl/N-ethyl adjacent to an activating group) is 1. The first-order valence-corrected chi connectivity index (χ1v) is 14.5. The number of amides is 1. The van der Waals surface area contributed by atoms with Crippen LogP contribution >= 0.6 is 15.9 Å². The maximum absolute atomic E-state index is 14.4. The van der Waals surface area contributed by atoms with Crippen LogP contribution < -0.4 is 5.32 Å². The molecule has 0 aliphatic heterocycles. The van der Waals surface area contributed by atoms with Gasteiger partial charge in [-0.3, -0.25) is 14.5 Å². The maximum atomic E-state index is 14.4. The van der Waals surface area contributed by atoms with Crippen LogP contribution in [0, 0.1) is 12.3 Å². The molecule has 1 aromatic heterocycles. The van der Waals surface area contributed by atoms with Crippen LogP contribution in [-0.2, 0) is 4.79 Å². The first kappa shape index (κ1) is 25.5. The molecule has 0 saturated heterocycles. The molecule has 6 nitrogen and oxygen atoms in total. The number of aromatic nitrogens is 1. The fourth-order valence-corrected chi connectivity index (χ4v) is 7.52. The number of hydrogen-bond donors (Lipinski definition) is 2. The number of rotatable bonds is 6. The van der Waals surface area contributed by atoms with E-state index in [9.17, 15) is 14.7 Å². The van der Waals surface area contributed by atoms with Gasteiger partial charge in [0.15, 0.2) is 0 Å². The third-order valence-corrected chi connectivity index (χ3v) is 10.2. The molecule has 1 atom stereocenters. The first-order chi connectivity index (χ1) is 18.2. The lowest BCUT2D eigenvalue weighted by Crippen LogP contribution is -2.71. The predicted molar refractivity (Wildman–Crippen MR) is 152 cm³/mol. The van der Waals surface area contributed by atoms with Gasteiger partial charge >= 0.3 is 5.97 Å². The van der Waals surface area contributed by atoms with E-state index in [4.69, 9.17) is 4.98 Å². The minimum absolute atomic E-state index is 0.00378. The monoisotopic (exact) mass is 575 g/mol. The van der Waals surface area contributed by atoms with Crippen LogP contribution in [0.4, 0.5) is 0 Å². The molecule has 0 radical (unpaired) electrons. The highest BCUT2D eigenvalue weighted by Crippen LogP contribution is 2.55. The largest absolute Gasteiger partial charge is 0.481 e. The molecule has 3 aromatic rings. The molecule has 2 bridgehead atoms. The average Bonchev–Trinajstić information content (AvgIpc) is 2.88. The normalized spacial score (nSPS) is 26.9. The Morgan fingerprint density at radius 1 is 1.08 bits per heavy atom. The van der Waals surface area contributed by atoms with E-state index in [1.54, 1.807) is 0 Å². The second kappa shape index (κ2) is 9.45. The SMILES string of the molecule is Cc1c(-c2ccccc2)nc2ccc(Br)cc2c1C(=O)NC12CCC(C(=O)O)(CC1)C[C@H]2N(C)C1CCC1. The van der Waals surface area contributed by atoms with Gasteiger partial charge in [-0.05, 0) is 82.7 Å². The summed E-state index contributed by atoms with van der Waals surface area (Å²) in [6, 6.07) is 16.4. The Labute approximate surface area is 232 Å². The van der Waals surface area contributed by atoms with Crippen LogP contribution in [-0.4, -0.2) is 51.5 Å². The van der Waals surface area contributed by atoms with Crippen LogP contribution in [0.15, 0.2) is 53.0 Å². The Morgan fingerprint density at radius 2 is 1.79 bits per heavy atom. The van der Waals surface area contributed by atoms with Crippen molar-refractivity contribution in [2.75, 3.05) is 7.05 Å². The van der Waals surface area contributed by atoms with E-state index in [1.807, 2.05) is 55.5 Å². The third kappa shape index (κ3) is 4.06. The predicted octanol–water partition coefficient (Wildman–Crippen LogP) is 6.34. The van der Waals surface area contributed by atoms with E-state index < -0.39 is 16.9 Å². The lowest BCUT2D eigenvalue weighted by molar-refractivity contribution is -0.162. The quantitative estimate of drug-likeness (QED) is 0.358. The summed E-state index contributed by atoms with van der Waals surface area (Å²) in [6.45, 7) is 1.98. The second-order valence-corrected chi connectivity index (χ2v) is 12.6. The molecule has 7 rings (SSSR count). The molecule has 4 fully saturated rings. The number of nitrogens with one attached hydrogen (secondary N) is 1. The number of hydrogen-bond acceptors (Lipinski definition) is 4. The summed E-state index contributed by atoms with van der Waals surface area (Å²) in [4.78, 5) is 34.1. The molecule has 0 spiro atoms. The number of halogens is 1. The van der Waals surface area contributed by atoms with Crippen molar-refractivity contribution >= 4 is 38.7 Å². The maximum Gasteiger partial charge on any atom is 0.309 e. The molecule has 2 aromatic carbocycles. The van der Waals surface area contributed by atoms with Crippen molar-refractivity contribution in [1.82, 2.24) is 15.2 Å². The minimum Gasteiger partial charge on any atom is -0.481 e. The number of carboxylic acids is 1. The molecule has 198 valence electrons. The molecule has 4 saturated carbocycles. The molecule has 38 heavy (non-hydrogen) atoms. The van der Waals surface area contributed by atoms with Crippen LogP contribution in [0.5, 0.6) is 0 Å². The van der Waals surface area contributed by atoms with Crippen molar-refractivity contribution in [2.24, 2.45) is 5.41 Å². The number of nitrogens with zero attached hydrogens (tertiary/aromatic N) is 2. The van der Waals surface area contributed by atoms with Crippen molar-refractivity contribution in [3.63, 3.8) is 0 Å². The van der Waals surface area contributed by atoms with Gasteiger partial charge in [-0.2, -0.15) is 0 Å². The Balaban J connectivity index is 1.43. The zero-order chi connectivity index (χ0) is 26.7. The lowest BCUT2D eigenvalue weighted by atomic mass is 9.54. The zero-order valence-electron chi connectivity index (χ0n) is 22.0. The Hall–Kier alpha value is -2.77. The van der Waals surface area contributed by atoms with Gasteiger partial charge in [0.2, 0.25) is 0 Å². The molecule has 1 heterocycles. The number of pyridine rings is 1. The minimum atomic E-state index is -0.683. The van der Waals surface area contributed by atoms with E-state index >= 15 is 0 Å². The average molecular weight is 577 g/mol. The molecular formula is C31H34BrN3O3. The van der Waals surface area contributed by atoms with Gasteiger partial charge in [-0.1, -0.05) is 52.7 Å². The summed E-state index contributed by atoms with van der Waals surface area (Å²) in [5, 5.41) is 14.5. The number of carboxylic acid groups (broad SMARTS) is 1. The van der Waals surface area contributed by atoms with Gasteiger partial charge < -0.3 is 10.4 Å². The molecule has 7 heteroatoms. The molecule has 4 aliphatic carbocycles. The van der Waals surface area contributed by atoms with Gasteiger partial charge in [0.1, 0.15) is 0 Å². The van der Waals surface area contributed by atoms with Crippen molar-refractivity contribution in [3.05, 3.63) is 64.1 Å². The van der Waals surface area contributed by atoms with Crippen molar-refractivity contribution in [3.8, 4) is 11.3 Å². The fourth-order valence-electron chi connectivity index (χ4n) is 7.16. The summed E-state index contributed by atoms with van der Waals surface area (Å²) >= 11 is 3.59. The van der Waals surface area contributed by atoms with E-state index in [2.05, 4.69) is 33.2 Å². The van der Waals surface area contributed by atoms with Crippen molar-refractivity contribution in [1.29, 1.82) is 0 Å². The highest BCUT2D eigenvalue weighted by atomic mass is 79.9.